The second kappa shape index (κ2) is 4.86. The van der Waals surface area contributed by atoms with Crippen molar-refractivity contribution in [1.29, 1.82) is 0 Å². The number of thiophene rings is 1. The molecule has 0 bridgehead atoms. The number of hydrogen-bond donors (Lipinski definition) is 1. The smallest absolute Gasteiger partial charge is 0.230 e. The zero-order valence-corrected chi connectivity index (χ0v) is 11.1. The lowest BCUT2D eigenvalue weighted by Gasteiger charge is -2.24. The van der Waals surface area contributed by atoms with Crippen LogP contribution in [0.1, 0.15) is 24.1 Å². The molecule has 2 unspecified atom stereocenters. The molecule has 2 atom stereocenters. The molecule has 18 heavy (non-hydrogen) atoms. The molecule has 2 aliphatic carbocycles. The van der Waals surface area contributed by atoms with Crippen LogP contribution in [0.2, 0.25) is 0 Å². The van der Waals surface area contributed by atoms with Gasteiger partial charge in [-0.05, 0) is 30.7 Å². The number of rotatable bonds is 4. The van der Waals surface area contributed by atoms with Crippen LogP contribution in [0, 0.1) is 5.92 Å². The van der Waals surface area contributed by atoms with Crippen molar-refractivity contribution in [1.82, 2.24) is 4.90 Å². The highest BCUT2D eigenvalue weighted by atomic mass is 32.1. The molecule has 1 amide bonds. The Morgan fingerprint density at radius 2 is 2.28 bits per heavy atom. The van der Waals surface area contributed by atoms with Crippen molar-refractivity contribution >= 4 is 17.2 Å². The Morgan fingerprint density at radius 1 is 1.44 bits per heavy atom. The van der Waals surface area contributed by atoms with Crippen molar-refractivity contribution in [2.75, 3.05) is 0 Å². The average Bonchev–Trinajstić information content (AvgIpc) is 2.88. The van der Waals surface area contributed by atoms with Crippen molar-refractivity contribution in [3.05, 3.63) is 34.5 Å². The van der Waals surface area contributed by atoms with Crippen molar-refractivity contribution in [2.24, 2.45) is 11.7 Å². The number of carbonyl (C=O) groups is 1. The summed E-state index contributed by atoms with van der Waals surface area (Å²) in [4.78, 5) is 15.8. The molecule has 0 aliphatic heterocycles. The third-order valence-electron chi connectivity index (χ3n) is 3.61. The molecule has 3 rings (SSSR count). The monoisotopic (exact) mass is 262 g/mol. The first kappa shape index (κ1) is 11.9. The summed E-state index contributed by atoms with van der Waals surface area (Å²) in [6, 6.07) is 4.66. The van der Waals surface area contributed by atoms with Gasteiger partial charge in [0, 0.05) is 17.0 Å². The highest BCUT2D eigenvalue weighted by Crippen LogP contribution is 2.32. The van der Waals surface area contributed by atoms with Gasteiger partial charge in [-0.1, -0.05) is 18.2 Å². The van der Waals surface area contributed by atoms with Crippen LogP contribution < -0.4 is 5.73 Å². The van der Waals surface area contributed by atoms with Crippen LogP contribution in [0.15, 0.2) is 29.7 Å². The quantitative estimate of drug-likeness (QED) is 0.845. The van der Waals surface area contributed by atoms with Crippen LogP contribution in [0.5, 0.6) is 0 Å². The maximum absolute atomic E-state index is 12.5. The molecular weight excluding hydrogens is 244 g/mol. The zero-order valence-electron chi connectivity index (χ0n) is 10.3. The lowest BCUT2D eigenvalue weighted by molar-refractivity contribution is -0.135. The highest BCUT2D eigenvalue weighted by molar-refractivity contribution is 7.09. The summed E-state index contributed by atoms with van der Waals surface area (Å²) in [6.07, 6.45) is 7.02. The summed E-state index contributed by atoms with van der Waals surface area (Å²) in [6.45, 7) is 0.765. The van der Waals surface area contributed by atoms with E-state index >= 15 is 0 Å². The molecule has 1 saturated carbocycles. The summed E-state index contributed by atoms with van der Waals surface area (Å²) < 4.78 is 0. The first-order valence-corrected chi connectivity index (χ1v) is 7.39. The minimum absolute atomic E-state index is 0.000521. The molecule has 0 radical (unpaired) electrons. The fourth-order valence-corrected chi connectivity index (χ4v) is 3.17. The number of hydrogen-bond acceptors (Lipinski definition) is 3. The van der Waals surface area contributed by atoms with Crippen LogP contribution >= 0.6 is 11.3 Å². The Balaban J connectivity index is 1.70. The Labute approximate surface area is 111 Å². The van der Waals surface area contributed by atoms with Crippen molar-refractivity contribution in [3.63, 3.8) is 0 Å². The number of amides is 1. The predicted octanol–water partition coefficient (Wildman–Crippen LogP) is 2.14. The first-order chi connectivity index (χ1) is 8.74. The maximum Gasteiger partial charge on any atom is 0.230 e. The van der Waals surface area contributed by atoms with Crippen LogP contribution in [0.4, 0.5) is 0 Å². The molecular formula is C14H18N2OS. The van der Waals surface area contributed by atoms with E-state index in [0.29, 0.717) is 6.04 Å². The van der Waals surface area contributed by atoms with Gasteiger partial charge in [0.15, 0.2) is 0 Å². The summed E-state index contributed by atoms with van der Waals surface area (Å²) >= 11 is 1.72. The van der Waals surface area contributed by atoms with E-state index in [0.717, 1.165) is 25.8 Å². The topological polar surface area (TPSA) is 46.3 Å². The fraction of sp³-hybridized carbons (Fsp3) is 0.500. The van der Waals surface area contributed by atoms with Crippen LogP contribution in [-0.2, 0) is 11.3 Å². The molecule has 1 heterocycles. The van der Waals surface area contributed by atoms with E-state index in [1.54, 1.807) is 11.3 Å². The van der Waals surface area contributed by atoms with Crippen LogP contribution in [0.3, 0.4) is 0 Å². The molecule has 0 aromatic carbocycles. The lowest BCUT2D eigenvalue weighted by Crippen LogP contribution is -2.37. The molecule has 0 saturated heterocycles. The van der Waals surface area contributed by atoms with E-state index in [1.165, 1.54) is 4.88 Å². The van der Waals surface area contributed by atoms with Gasteiger partial charge in [-0.2, -0.15) is 0 Å². The van der Waals surface area contributed by atoms with Crippen molar-refractivity contribution < 1.29 is 4.79 Å². The zero-order chi connectivity index (χ0) is 12.5. The van der Waals surface area contributed by atoms with Gasteiger partial charge < -0.3 is 10.6 Å². The molecule has 1 fully saturated rings. The van der Waals surface area contributed by atoms with E-state index in [2.05, 4.69) is 16.3 Å². The van der Waals surface area contributed by atoms with Crippen LogP contribution in [0.25, 0.3) is 0 Å². The second-order valence-corrected chi connectivity index (χ2v) is 6.20. The molecule has 2 aliphatic rings. The van der Waals surface area contributed by atoms with E-state index in [1.807, 2.05) is 18.2 Å². The number of nitrogens with zero attached hydrogens (tertiary/aromatic N) is 1. The van der Waals surface area contributed by atoms with Crippen LogP contribution in [-0.4, -0.2) is 22.9 Å². The molecule has 2 N–H and O–H groups in total. The van der Waals surface area contributed by atoms with E-state index in [9.17, 15) is 4.79 Å². The number of nitrogens with two attached hydrogens (primary N) is 1. The minimum atomic E-state index is 0.000521. The van der Waals surface area contributed by atoms with E-state index in [-0.39, 0.29) is 17.9 Å². The third-order valence-corrected chi connectivity index (χ3v) is 4.47. The predicted molar refractivity (Wildman–Crippen MR) is 73.1 cm³/mol. The summed E-state index contributed by atoms with van der Waals surface area (Å²) in [5.74, 6) is 0.260. The van der Waals surface area contributed by atoms with Gasteiger partial charge in [-0.3, -0.25) is 4.79 Å². The minimum Gasteiger partial charge on any atom is -0.334 e. The van der Waals surface area contributed by atoms with Crippen molar-refractivity contribution in [2.45, 2.75) is 37.9 Å². The second-order valence-electron chi connectivity index (χ2n) is 5.17. The molecule has 1 aromatic rings. The highest BCUT2D eigenvalue weighted by Gasteiger charge is 2.36. The average molecular weight is 262 g/mol. The third kappa shape index (κ3) is 2.49. The molecule has 4 heteroatoms. The van der Waals surface area contributed by atoms with Gasteiger partial charge in [0.25, 0.3) is 0 Å². The van der Waals surface area contributed by atoms with Gasteiger partial charge in [0.05, 0.1) is 12.5 Å². The van der Waals surface area contributed by atoms with Gasteiger partial charge in [0.2, 0.25) is 5.91 Å². The van der Waals surface area contributed by atoms with E-state index in [4.69, 9.17) is 5.73 Å². The summed E-state index contributed by atoms with van der Waals surface area (Å²) in [5.41, 5.74) is 5.84. The molecule has 96 valence electrons. The molecule has 0 spiro atoms. The first-order valence-electron chi connectivity index (χ1n) is 6.51. The Hall–Kier alpha value is -1.13. The normalized spacial score (nSPS) is 26.5. The summed E-state index contributed by atoms with van der Waals surface area (Å²) in [7, 11) is 0. The molecule has 3 nitrogen and oxygen atoms in total. The Kier molecular flexibility index (Phi) is 3.22. The van der Waals surface area contributed by atoms with E-state index < -0.39 is 0 Å². The number of carbonyl (C=O) groups excluding carboxylic acids is 1. The largest absolute Gasteiger partial charge is 0.334 e. The Morgan fingerprint density at radius 3 is 2.83 bits per heavy atom. The van der Waals surface area contributed by atoms with Gasteiger partial charge in [-0.15, -0.1) is 11.3 Å². The fourth-order valence-electron chi connectivity index (χ4n) is 2.47. The SMILES string of the molecule is NC1C=CC(C(=O)N(Cc2cccs2)C2CC2)C1. The lowest BCUT2D eigenvalue weighted by atomic mass is 10.1. The van der Waals surface area contributed by atoms with Crippen molar-refractivity contribution in [3.8, 4) is 0 Å². The maximum atomic E-state index is 12.5. The van der Waals surface area contributed by atoms with Gasteiger partial charge >= 0.3 is 0 Å². The standard InChI is InChI=1S/C14H18N2OS/c15-11-4-3-10(8-11)14(17)16(12-5-6-12)9-13-2-1-7-18-13/h1-4,7,10-12H,5-6,8-9,15H2. The molecule has 1 aromatic heterocycles. The Bertz CT molecular complexity index is 450. The van der Waals surface area contributed by atoms with Gasteiger partial charge in [-0.25, -0.2) is 0 Å². The van der Waals surface area contributed by atoms with Gasteiger partial charge in [0.1, 0.15) is 0 Å². The summed E-state index contributed by atoms with van der Waals surface area (Å²) in [5, 5.41) is 2.07.